The van der Waals surface area contributed by atoms with Gasteiger partial charge in [0.05, 0.1) is 17.8 Å². The van der Waals surface area contributed by atoms with Crippen LogP contribution in [0.1, 0.15) is 34.5 Å². The number of aryl methyl sites for hydroxylation is 1. The topological polar surface area (TPSA) is 61.8 Å². The van der Waals surface area contributed by atoms with E-state index in [1.54, 1.807) is 12.1 Å². The molecular formula is C29H29ClN2O3. The van der Waals surface area contributed by atoms with Crippen molar-refractivity contribution < 1.29 is 14.6 Å². The second kappa shape index (κ2) is 10.4. The zero-order valence-electron chi connectivity index (χ0n) is 19.8. The lowest BCUT2D eigenvalue weighted by Crippen LogP contribution is -2.44. The summed E-state index contributed by atoms with van der Waals surface area (Å²) in [6.45, 7) is 5.38. The molecule has 0 amide bonds. The Morgan fingerprint density at radius 3 is 2.63 bits per heavy atom. The third kappa shape index (κ3) is 5.11. The van der Waals surface area contributed by atoms with Crippen molar-refractivity contribution in [3.05, 3.63) is 102 Å². The number of fused-ring (bicyclic) bond motifs is 2. The normalized spacial score (nSPS) is 15.6. The zero-order chi connectivity index (χ0) is 23.7. The first-order valence-electron chi connectivity index (χ1n) is 11.6. The lowest BCUT2D eigenvalue weighted by molar-refractivity contribution is 0.0697. The Morgan fingerprint density at radius 1 is 1.06 bits per heavy atom. The number of aromatic carboxylic acids is 1. The Bertz CT molecular complexity index is 1350. The van der Waals surface area contributed by atoms with Gasteiger partial charge in [0.15, 0.2) is 0 Å². The van der Waals surface area contributed by atoms with Crippen molar-refractivity contribution in [1.29, 1.82) is 0 Å². The fourth-order valence-corrected chi connectivity index (χ4v) is 4.74. The fourth-order valence-electron chi connectivity index (χ4n) is 4.74. The molecule has 0 fully saturated rings. The van der Waals surface area contributed by atoms with E-state index in [0.717, 1.165) is 22.7 Å². The summed E-state index contributed by atoms with van der Waals surface area (Å²) in [4.78, 5) is 13.8. The number of para-hydroxylation sites is 2. The maximum atomic E-state index is 11.7. The van der Waals surface area contributed by atoms with E-state index in [4.69, 9.17) is 4.74 Å². The smallest absolute Gasteiger partial charge is 0.335 e. The minimum Gasteiger partial charge on any atom is -0.485 e. The van der Waals surface area contributed by atoms with Crippen LogP contribution < -0.4 is 15.0 Å². The molecule has 1 aliphatic rings. The number of nitrogens with zero attached hydrogens (tertiary/aromatic N) is 1. The molecule has 5 rings (SSSR count). The number of anilines is 2. The maximum absolute atomic E-state index is 11.7. The van der Waals surface area contributed by atoms with Gasteiger partial charge in [0, 0.05) is 18.3 Å². The van der Waals surface area contributed by atoms with E-state index in [9.17, 15) is 9.90 Å². The third-order valence-corrected chi connectivity index (χ3v) is 6.40. The lowest BCUT2D eigenvalue weighted by atomic mass is 9.99. The van der Waals surface area contributed by atoms with E-state index < -0.39 is 5.97 Å². The van der Waals surface area contributed by atoms with Crippen molar-refractivity contribution in [2.24, 2.45) is 0 Å². The second-order valence-electron chi connectivity index (χ2n) is 8.88. The highest BCUT2D eigenvalue weighted by molar-refractivity contribution is 5.90. The van der Waals surface area contributed by atoms with Crippen LogP contribution in [0, 0.1) is 6.92 Å². The lowest BCUT2D eigenvalue weighted by Gasteiger charge is -2.37. The summed E-state index contributed by atoms with van der Waals surface area (Å²) in [6.07, 6.45) is -0.0962. The Balaban J connectivity index is 0.00000289. The number of carboxylic acids is 1. The fraction of sp³-hybridized carbons (Fsp3) is 0.207. The first-order valence-corrected chi connectivity index (χ1v) is 11.6. The van der Waals surface area contributed by atoms with Gasteiger partial charge >= 0.3 is 5.97 Å². The van der Waals surface area contributed by atoms with Crippen molar-refractivity contribution in [3.8, 4) is 5.75 Å². The van der Waals surface area contributed by atoms with Crippen LogP contribution in [0.3, 0.4) is 0 Å². The molecule has 4 aromatic carbocycles. The molecule has 6 heteroatoms. The number of hydrogen-bond acceptors (Lipinski definition) is 4. The Morgan fingerprint density at radius 2 is 1.80 bits per heavy atom. The minimum absolute atomic E-state index is 0. The predicted molar refractivity (Wildman–Crippen MR) is 144 cm³/mol. The molecule has 1 aliphatic heterocycles. The standard InChI is InChI=1S/C29H28N2O3.ClH/c1-19-14-22(29(32)33)16-23(15-19)31-18-24(34-28-13-6-5-12-27(28)31)17-30-20(2)25-11-7-9-21-8-3-4-10-26(21)25;/h3-16,20,24,30H,17-18H2,1-2H3,(H,32,33);1H/t20-,24?;/m1./s1. The van der Waals surface area contributed by atoms with Gasteiger partial charge in [-0.15, -0.1) is 12.4 Å². The number of halogens is 1. The molecule has 2 N–H and O–H groups in total. The van der Waals surface area contributed by atoms with Crippen LogP contribution in [0.25, 0.3) is 10.8 Å². The van der Waals surface area contributed by atoms with E-state index in [-0.39, 0.29) is 24.6 Å². The van der Waals surface area contributed by atoms with Gasteiger partial charge < -0.3 is 20.1 Å². The summed E-state index contributed by atoms with van der Waals surface area (Å²) in [5, 5.41) is 15.7. The van der Waals surface area contributed by atoms with E-state index in [1.807, 2.05) is 37.3 Å². The number of rotatable bonds is 6. The van der Waals surface area contributed by atoms with E-state index in [2.05, 4.69) is 59.6 Å². The summed E-state index contributed by atoms with van der Waals surface area (Å²) < 4.78 is 6.34. The van der Waals surface area contributed by atoms with Crippen LogP contribution in [0.2, 0.25) is 0 Å². The zero-order valence-corrected chi connectivity index (χ0v) is 20.6. The van der Waals surface area contributed by atoms with Crippen molar-refractivity contribution in [2.45, 2.75) is 26.0 Å². The first-order chi connectivity index (χ1) is 16.5. The van der Waals surface area contributed by atoms with Gasteiger partial charge in [-0.05, 0) is 66.1 Å². The van der Waals surface area contributed by atoms with Gasteiger partial charge in [-0.3, -0.25) is 0 Å². The average Bonchev–Trinajstić information content (AvgIpc) is 2.86. The third-order valence-electron chi connectivity index (χ3n) is 6.40. The van der Waals surface area contributed by atoms with Crippen molar-refractivity contribution in [2.75, 3.05) is 18.0 Å². The van der Waals surface area contributed by atoms with E-state index in [0.29, 0.717) is 18.7 Å². The molecule has 0 aliphatic carbocycles. The van der Waals surface area contributed by atoms with Crippen molar-refractivity contribution in [1.82, 2.24) is 5.32 Å². The van der Waals surface area contributed by atoms with Gasteiger partial charge in [0.2, 0.25) is 0 Å². The Labute approximate surface area is 211 Å². The van der Waals surface area contributed by atoms with E-state index in [1.165, 1.54) is 16.3 Å². The van der Waals surface area contributed by atoms with Crippen LogP contribution in [-0.4, -0.2) is 30.3 Å². The molecular weight excluding hydrogens is 460 g/mol. The molecule has 0 bridgehead atoms. The molecule has 5 nitrogen and oxygen atoms in total. The van der Waals surface area contributed by atoms with Crippen LogP contribution in [0.5, 0.6) is 5.75 Å². The molecule has 1 unspecified atom stereocenters. The second-order valence-corrected chi connectivity index (χ2v) is 8.88. The number of hydrogen-bond donors (Lipinski definition) is 2. The molecule has 0 radical (unpaired) electrons. The van der Waals surface area contributed by atoms with E-state index >= 15 is 0 Å². The number of benzene rings is 4. The predicted octanol–water partition coefficient (Wildman–Crippen LogP) is 6.52. The van der Waals surface area contributed by atoms with Gasteiger partial charge in [0.25, 0.3) is 0 Å². The van der Waals surface area contributed by atoms with Crippen LogP contribution in [0.15, 0.2) is 84.9 Å². The van der Waals surface area contributed by atoms with Crippen LogP contribution in [-0.2, 0) is 0 Å². The van der Waals surface area contributed by atoms with Gasteiger partial charge in [-0.2, -0.15) is 0 Å². The molecule has 35 heavy (non-hydrogen) atoms. The summed E-state index contributed by atoms with van der Waals surface area (Å²) in [7, 11) is 0. The molecule has 0 aromatic heterocycles. The quantitative estimate of drug-likeness (QED) is 0.323. The maximum Gasteiger partial charge on any atom is 0.335 e. The minimum atomic E-state index is -0.923. The first kappa shape index (κ1) is 24.6. The molecule has 0 saturated heterocycles. The number of ether oxygens (including phenoxy) is 1. The number of carbonyl (C=O) groups is 1. The molecule has 2 atom stereocenters. The molecule has 0 spiro atoms. The largest absolute Gasteiger partial charge is 0.485 e. The molecule has 0 saturated carbocycles. The highest BCUT2D eigenvalue weighted by Crippen LogP contribution is 2.38. The van der Waals surface area contributed by atoms with Crippen molar-refractivity contribution >= 4 is 40.5 Å². The monoisotopic (exact) mass is 488 g/mol. The van der Waals surface area contributed by atoms with Crippen molar-refractivity contribution in [3.63, 3.8) is 0 Å². The highest BCUT2D eigenvalue weighted by Gasteiger charge is 2.27. The Kier molecular flexibility index (Phi) is 7.29. The summed E-state index contributed by atoms with van der Waals surface area (Å²) in [5.74, 6) is -0.120. The summed E-state index contributed by atoms with van der Waals surface area (Å²) in [5.41, 5.74) is 4.27. The Hall–Kier alpha value is -3.54. The highest BCUT2D eigenvalue weighted by atomic mass is 35.5. The average molecular weight is 489 g/mol. The summed E-state index contributed by atoms with van der Waals surface area (Å²) in [6, 6.07) is 28.4. The SMILES string of the molecule is Cc1cc(C(=O)O)cc(N2CC(CN[C@H](C)c3cccc4ccccc34)Oc3ccccc32)c1.Cl. The number of carboxylic acid groups (broad SMARTS) is 1. The molecule has 1 heterocycles. The number of nitrogens with one attached hydrogen (secondary N) is 1. The molecule has 180 valence electrons. The van der Waals surface area contributed by atoms with Crippen LogP contribution in [0.4, 0.5) is 11.4 Å². The summed E-state index contributed by atoms with van der Waals surface area (Å²) >= 11 is 0. The van der Waals surface area contributed by atoms with Gasteiger partial charge in [-0.25, -0.2) is 4.79 Å². The van der Waals surface area contributed by atoms with Gasteiger partial charge in [0.1, 0.15) is 11.9 Å². The molecule has 4 aromatic rings. The van der Waals surface area contributed by atoms with Crippen LogP contribution >= 0.6 is 12.4 Å². The van der Waals surface area contributed by atoms with Gasteiger partial charge in [-0.1, -0.05) is 54.6 Å².